The quantitative estimate of drug-likeness (QED) is 0.763. The van der Waals surface area contributed by atoms with E-state index in [1.807, 2.05) is 6.07 Å². The second kappa shape index (κ2) is 7.01. The molecule has 0 saturated carbocycles. The van der Waals surface area contributed by atoms with Crippen molar-refractivity contribution in [2.24, 2.45) is 0 Å². The normalized spacial score (nSPS) is 13.9. The predicted molar refractivity (Wildman–Crippen MR) is 73.2 cm³/mol. The summed E-state index contributed by atoms with van der Waals surface area (Å²) in [4.78, 5) is 2.22. The van der Waals surface area contributed by atoms with Gasteiger partial charge in [0, 0.05) is 19.4 Å². The molecule has 1 heterocycles. The van der Waals surface area contributed by atoms with Crippen LogP contribution in [-0.4, -0.2) is 31.7 Å². The number of fused-ring (bicyclic) bond motifs is 1. The van der Waals surface area contributed by atoms with Crippen molar-refractivity contribution in [1.82, 2.24) is 4.90 Å². The molecule has 0 radical (unpaired) electrons. The van der Waals surface area contributed by atoms with Gasteiger partial charge in [-0.05, 0) is 37.7 Å². The van der Waals surface area contributed by atoms with E-state index in [0.29, 0.717) is 13.0 Å². The molecule has 1 aliphatic heterocycles. The Morgan fingerprint density at radius 2 is 2.05 bits per heavy atom. The summed E-state index contributed by atoms with van der Waals surface area (Å²) in [5.74, 6) is 1.69. The van der Waals surface area contributed by atoms with Crippen molar-refractivity contribution < 1.29 is 9.47 Å². The lowest BCUT2D eigenvalue weighted by Gasteiger charge is -2.17. The predicted octanol–water partition coefficient (Wildman–Crippen LogP) is 2.58. The van der Waals surface area contributed by atoms with Crippen molar-refractivity contribution in [2.45, 2.75) is 25.8 Å². The lowest BCUT2D eigenvalue weighted by molar-refractivity contribution is 0.296. The Morgan fingerprint density at radius 1 is 1.26 bits per heavy atom. The minimum absolute atomic E-state index is 0.617. The molecular weight excluding hydrogens is 240 g/mol. The molecule has 1 aromatic carbocycles. The highest BCUT2D eigenvalue weighted by atomic mass is 16.5. The molecule has 4 heteroatoms. The summed E-state index contributed by atoms with van der Waals surface area (Å²) in [6.45, 7) is 3.24. The Kier molecular flexibility index (Phi) is 5.05. The maximum Gasteiger partial charge on any atom is 0.161 e. The van der Waals surface area contributed by atoms with E-state index in [1.165, 1.54) is 5.56 Å². The average Bonchev–Trinajstić information content (AvgIpc) is 2.63. The highest BCUT2D eigenvalue weighted by molar-refractivity contribution is 5.43. The summed E-state index contributed by atoms with van der Waals surface area (Å²) < 4.78 is 11.3. The maximum atomic E-state index is 8.53. The SMILES string of the molecule is CN(CCCC#N)Cc1ccc2c(c1)OCCCO2. The largest absolute Gasteiger partial charge is 0.490 e. The number of rotatable bonds is 5. The molecule has 1 aliphatic rings. The fourth-order valence-electron chi connectivity index (χ4n) is 2.12. The number of nitrogens with zero attached hydrogens (tertiary/aromatic N) is 2. The number of nitriles is 1. The van der Waals surface area contributed by atoms with Crippen LogP contribution in [0.3, 0.4) is 0 Å². The van der Waals surface area contributed by atoms with Crippen LogP contribution < -0.4 is 9.47 Å². The molecule has 0 aromatic heterocycles. The number of hydrogen-bond donors (Lipinski definition) is 0. The van der Waals surface area contributed by atoms with Gasteiger partial charge in [-0.15, -0.1) is 0 Å². The van der Waals surface area contributed by atoms with Crippen LogP contribution in [0.4, 0.5) is 0 Å². The van der Waals surface area contributed by atoms with E-state index < -0.39 is 0 Å². The van der Waals surface area contributed by atoms with E-state index in [4.69, 9.17) is 14.7 Å². The molecule has 0 fully saturated rings. The van der Waals surface area contributed by atoms with Crippen LogP contribution in [0, 0.1) is 11.3 Å². The number of unbranched alkanes of at least 4 members (excludes halogenated alkanes) is 1. The molecule has 2 rings (SSSR count). The molecule has 19 heavy (non-hydrogen) atoms. The van der Waals surface area contributed by atoms with Crippen molar-refractivity contribution in [2.75, 3.05) is 26.8 Å². The van der Waals surface area contributed by atoms with Crippen molar-refractivity contribution in [3.8, 4) is 17.6 Å². The topological polar surface area (TPSA) is 45.5 Å². The monoisotopic (exact) mass is 260 g/mol. The van der Waals surface area contributed by atoms with Gasteiger partial charge in [-0.3, -0.25) is 0 Å². The Hall–Kier alpha value is -1.73. The van der Waals surface area contributed by atoms with Crippen LogP contribution in [0.5, 0.6) is 11.5 Å². The molecule has 0 amide bonds. The Balaban J connectivity index is 1.94. The first-order valence-corrected chi connectivity index (χ1v) is 6.73. The first-order chi connectivity index (χ1) is 9.29. The van der Waals surface area contributed by atoms with Crippen molar-refractivity contribution in [1.29, 1.82) is 5.26 Å². The smallest absolute Gasteiger partial charge is 0.161 e. The van der Waals surface area contributed by atoms with Crippen LogP contribution in [0.15, 0.2) is 18.2 Å². The molecule has 0 unspecified atom stereocenters. The Morgan fingerprint density at radius 3 is 2.84 bits per heavy atom. The molecule has 0 aliphatic carbocycles. The Labute approximate surface area is 114 Å². The van der Waals surface area contributed by atoms with E-state index in [9.17, 15) is 0 Å². The standard InChI is InChI=1S/C15H20N2O2/c1-17(8-3-2-7-16)12-13-5-6-14-15(11-13)19-10-4-9-18-14/h5-6,11H,2-4,8-10,12H2,1H3. The van der Waals surface area contributed by atoms with Crippen LogP contribution >= 0.6 is 0 Å². The summed E-state index contributed by atoms with van der Waals surface area (Å²) in [5, 5.41) is 8.53. The molecule has 0 saturated heterocycles. The summed E-state index contributed by atoms with van der Waals surface area (Å²) in [6, 6.07) is 8.29. The third-order valence-corrected chi connectivity index (χ3v) is 3.09. The summed E-state index contributed by atoms with van der Waals surface area (Å²) in [6.07, 6.45) is 2.46. The highest BCUT2D eigenvalue weighted by Gasteiger charge is 2.11. The zero-order chi connectivity index (χ0) is 13.5. The lowest BCUT2D eigenvalue weighted by Crippen LogP contribution is -2.19. The summed E-state index contributed by atoms with van der Waals surface area (Å²) in [7, 11) is 2.07. The van der Waals surface area contributed by atoms with Crippen molar-refractivity contribution >= 4 is 0 Å². The molecule has 1 aromatic rings. The van der Waals surface area contributed by atoms with Crippen LogP contribution in [-0.2, 0) is 6.54 Å². The molecular formula is C15H20N2O2. The van der Waals surface area contributed by atoms with Gasteiger partial charge in [-0.1, -0.05) is 6.07 Å². The molecule has 0 bridgehead atoms. The van der Waals surface area contributed by atoms with Gasteiger partial charge in [-0.2, -0.15) is 5.26 Å². The fourth-order valence-corrected chi connectivity index (χ4v) is 2.12. The Bertz CT molecular complexity index is 454. The molecule has 102 valence electrons. The fraction of sp³-hybridized carbons (Fsp3) is 0.533. The molecule has 0 N–H and O–H groups in total. The first kappa shape index (κ1) is 13.7. The highest BCUT2D eigenvalue weighted by Crippen LogP contribution is 2.30. The molecule has 0 atom stereocenters. The van der Waals surface area contributed by atoms with E-state index in [0.717, 1.165) is 44.0 Å². The van der Waals surface area contributed by atoms with Gasteiger partial charge in [0.2, 0.25) is 0 Å². The first-order valence-electron chi connectivity index (χ1n) is 6.73. The minimum atomic E-state index is 0.617. The van der Waals surface area contributed by atoms with Gasteiger partial charge in [0.15, 0.2) is 11.5 Å². The van der Waals surface area contributed by atoms with Gasteiger partial charge < -0.3 is 14.4 Å². The van der Waals surface area contributed by atoms with Gasteiger partial charge in [0.05, 0.1) is 19.3 Å². The third kappa shape index (κ3) is 4.15. The van der Waals surface area contributed by atoms with E-state index >= 15 is 0 Å². The summed E-state index contributed by atoms with van der Waals surface area (Å²) >= 11 is 0. The van der Waals surface area contributed by atoms with Crippen molar-refractivity contribution in [3.05, 3.63) is 23.8 Å². The van der Waals surface area contributed by atoms with Crippen LogP contribution in [0.2, 0.25) is 0 Å². The molecule has 0 spiro atoms. The maximum absolute atomic E-state index is 8.53. The number of benzene rings is 1. The zero-order valence-electron chi connectivity index (χ0n) is 11.4. The van der Waals surface area contributed by atoms with E-state index in [-0.39, 0.29) is 0 Å². The van der Waals surface area contributed by atoms with Crippen LogP contribution in [0.1, 0.15) is 24.8 Å². The average molecular weight is 260 g/mol. The lowest BCUT2D eigenvalue weighted by atomic mass is 10.2. The zero-order valence-corrected chi connectivity index (χ0v) is 11.4. The number of ether oxygens (including phenoxy) is 2. The van der Waals surface area contributed by atoms with Gasteiger partial charge >= 0.3 is 0 Å². The van der Waals surface area contributed by atoms with Gasteiger partial charge in [0.25, 0.3) is 0 Å². The van der Waals surface area contributed by atoms with E-state index in [1.54, 1.807) is 0 Å². The summed E-state index contributed by atoms with van der Waals surface area (Å²) in [5.41, 5.74) is 1.21. The number of hydrogen-bond acceptors (Lipinski definition) is 4. The van der Waals surface area contributed by atoms with Crippen molar-refractivity contribution in [3.63, 3.8) is 0 Å². The molecule has 4 nitrogen and oxygen atoms in total. The minimum Gasteiger partial charge on any atom is -0.490 e. The second-order valence-corrected chi connectivity index (χ2v) is 4.83. The van der Waals surface area contributed by atoms with Crippen LogP contribution in [0.25, 0.3) is 0 Å². The third-order valence-electron chi connectivity index (χ3n) is 3.09. The van der Waals surface area contributed by atoms with Gasteiger partial charge in [0.1, 0.15) is 0 Å². The van der Waals surface area contributed by atoms with E-state index in [2.05, 4.69) is 30.1 Å². The second-order valence-electron chi connectivity index (χ2n) is 4.83. The van der Waals surface area contributed by atoms with Gasteiger partial charge in [-0.25, -0.2) is 0 Å².